The minimum atomic E-state index is 0.763. The number of hydrogen-bond acceptors (Lipinski definition) is 3. The van der Waals surface area contributed by atoms with Gasteiger partial charge in [-0.2, -0.15) is 0 Å². The lowest BCUT2D eigenvalue weighted by molar-refractivity contribution is 0.683. The van der Waals surface area contributed by atoms with Crippen molar-refractivity contribution in [2.24, 2.45) is 11.8 Å². The minimum absolute atomic E-state index is 0.763. The molecular formula is C16H25N3. The van der Waals surface area contributed by atoms with Crippen LogP contribution in [0.4, 0.5) is 5.82 Å². The largest absolute Gasteiger partial charge is 0.359 e. The molecule has 2 atom stereocenters. The van der Waals surface area contributed by atoms with Crippen molar-refractivity contribution in [3.63, 3.8) is 0 Å². The van der Waals surface area contributed by atoms with Crippen molar-refractivity contribution in [2.45, 2.75) is 45.7 Å². The molecule has 2 aliphatic rings. The monoisotopic (exact) mass is 259 g/mol. The van der Waals surface area contributed by atoms with Crippen LogP contribution in [-0.2, 0) is 6.54 Å². The van der Waals surface area contributed by atoms with Crippen molar-refractivity contribution < 1.29 is 0 Å². The molecule has 0 amide bonds. The van der Waals surface area contributed by atoms with Crippen molar-refractivity contribution in [1.82, 2.24) is 10.3 Å². The van der Waals surface area contributed by atoms with E-state index in [9.17, 15) is 0 Å². The average molecular weight is 259 g/mol. The SMILES string of the molecule is Cc1cc(CNC2CC2)cnc1N(C)CC1CC1C. The second kappa shape index (κ2) is 5.12. The van der Waals surface area contributed by atoms with Crippen LogP contribution in [0.1, 0.15) is 37.3 Å². The van der Waals surface area contributed by atoms with Gasteiger partial charge in [-0.15, -0.1) is 0 Å². The van der Waals surface area contributed by atoms with Gasteiger partial charge in [-0.05, 0) is 55.2 Å². The minimum Gasteiger partial charge on any atom is -0.359 e. The molecule has 2 unspecified atom stereocenters. The normalized spacial score (nSPS) is 25.4. The van der Waals surface area contributed by atoms with Gasteiger partial charge in [-0.25, -0.2) is 4.98 Å². The summed E-state index contributed by atoms with van der Waals surface area (Å²) in [5.41, 5.74) is 2.60. The molecule has 3 rings (SSSR count). The molecule has 3 heteroatoms. The maximum Gasteiger partial charge on any atom is 0.131 e. The first-order chi connectivity index (χ1) is 9.13. The van der Waals surface area contributed by atoms with Crippen LogP contribution in [0.5, 0.6) is 0 Å². The van der Waals surface area contributed by atoms with Gasteiger partial charge in [-0.3, -0.25) is 0 Å². The zero-order valence-corrected chi connectivity index (χ0v) is 12.3. The molecule has 0 aliphatic heterocycles. The molecule has 104 valence electrons. The first-order valence-electron chi connectivity index (χ1n) is 7.53. The summed E-state index contributed by atoms with van der Waals surface area (Å²) in [7, 11) is 2.17. The number of aryl methyl sites for hydroxylation is 1. The van der Waals surface area contributed by atoms with Crippen molar-refractivity contribution in [2.75, 3.05) is 18.5 Å². The van der Waals surface area contributed by atoms with Gasteiger partial charge in [0.25, 0.3) is 0 Å². The van der Waals surface area contributed by atoms with Gasteiger partial charge >= 0.3 is 0 Å². The number of hydrogen-bond donors (Lipinski definition) is 1. The third-order valence-corrected chi connectivity index (χ3v) is 4.43. The second-order valence-corrected chi connectivity index (χ2v) is 6.49. The summed E-state index contributed by atoms with van der Waals surface area (Å²) in [6, 6.07) is 3.05. The summed E-state index contributed by atoms with van der Waals surface area (Å²) in [6.45, 7) is 6.62. The fourth-order valence-electron chi connectivity index (χ4n) is 2.76. The van der Waals surface area contributed by atoms with Gasteiger partial charge in [0.15, 0.2) is 0 Å². The smallest absolute Gasteiger partial charge is 0.131 e. The molecule has 3 nitrogen and oxygen atoms in total. The Labute approximate surface area is 116 Å². The molecule has 0 radical (unpaired) electrons. The summed E-state index contributed by atoms with van der Waals surface area (Å²) in [5, 5.41) is 3.54. The maximum atomic E-state index is 4.67. The lowest BCUT2D eigenvalue weighted by Crippen LogP contribution is -2.23. The molecule has 0 saturated heterocycles. The van der Waals surface area contributed by atoms with Gasteiger partial charge in [0.1, 0.15) is 5.82 Å². The lowest BCUT2D eigenvalue weighted by atomic mass is 10.2. The average Bonchev–Trinajstić information content (AvgIpc) is 3.27. The van der Waals surface area contributed by atoms with E-state index < -0.39 is 0 Å². The first-order valence-corrected chi connectivity index (χ1v) is 7.53. The second-order valence-electron chi connectivity index (χ2n) is 6.49. The molecule has 1 N–H and O–H groups in total. The van der Waals surface area contributed by atoms with Crippen LogP contribution in [0, 0.1) is 18.8 Å². The molecule has 0 aromatic carbocycles. The van der Waals surface area contributed by atoms with Crippen LogP contribution < -0.4 is 10.2 Å². The van der Waals surface area contributed by atoms with Gasteiger partial charge in [0.2, 0.25) is 0 Å². The van der Waals surface area contributed by atoms with Crippen LogP contribution in [-0.4, -0.2) is 24.6 Å². The van der Waals surface area contributed by atoms with Crippen LogP contribution in [0.15, 0.2) is 12.3 Å². The zero-order chi connectivity index (χ0) is 13.4. The van der Waals surface area contributed by atoms with E-state index in [1.165, 1.54) is 30.4 Å². The zero-order valence-electron chi connectivity index (χ0n) is 12.3. The highest BCUT2D eigenvalue weighted by atomic mass is 15.2. The van der Waals surface area contributed by atoms with Crippen molar-refractivity contribution in [1.29, 1.82) is 0 Å². The number of pyridine rings is 1. The summed E-state index contributed by atoms with van der Waals surface area (Å²) < 4.78 is 0. The fraction of sp³-hybridized carbons (Fsp3) is 0.688. The summed E-state index contributed by atoms with van der Waals surface area (Å²) in [6.07, 6.45) is 6.09. The Kier molecular flexibility index (Phi) is 3.48. The standard InChI is InChI=1S/C16H25N3/c1-11-7-14(11)10-19(3)16-12(2)6-13(9-18-16)8-17-15-4-5-15/h6,9,11,14-15,17H,4-5,7-8,10H2,1-3H3. The predicted molar refractivity (Wildman–Crippen MR) is 79.4 cm³/mol. The van der Waals surface area contributed by atoms with Crippen LogP contribution in [0.3, 0.4) is 0 Å². The predicted octanol–water partition coefficient (Wildman–Crippen LogP) is 2.73. The van der Waals surface area contributed by atoms with E-state index in [0.717, 1.165) is 36.8 Å². The Balaban J connectivity index is 1.60. The Morgan fingerprint density at radius 2 is 2.16 bits per heavy atom. The third-order valence-electron chi connectivity index (χ3n) is 4.43. The van der Waals surface area contributed by atoms with E-state index in [0.29, 0.717) is 0 Å². The van der Waals surface area contributed by atoms with Gasteiger partial charge in [0, 0.05) is 32.4 Å². The third kappa shape index (κ3) is 3.27. The maximum absolute atomic E-state index is 4.67. The molecular weight excluding hydrogens is 234 g/mol. The van der Waals surface area contributed by atoms with Crippen LogP contribution >= 0.6 is 0 Å². The van der Waals surface area contributed by atoms with Gasteiger partial charge < -0.3 is 10.2 Å². The molecule has 2 aliphatic carbocycles. The highest BCUT2D eigenvalue weighted by Crippen LogP contribution is 2.38. The Morgan fingerprint density at radius 3 is 2.74 bits per heavy atom. The molecule has 2 saturated carbocycles. The van der Waals surface area contributed by atoms with Gasteiger partial charge in [0.05, 0.1) is 0 Å². The van der Waals surface area contributed by atoms with Crippen LogP contribution in [0.2, 0.25) is 0 Å². The van der Waals surface area contributed by atoms with E-state index in [1.807, 2.05) is 6.20 Å². The van der Waals surface area contributed by atoms with Crippen molar-refractivity contribution in [3.8, 4) is 0 Å². The lowest BCUT2D eigenvalue weighted by Gasteiger charge is -2.20. The molecule has 19 heavy (non-hydrogen) atoms. The van der Waals surface area contributed by atoms with Crippen LogP contribution in [0.25, 0.3) is 0 Å². The topological polar surface area (TPSA) is 28.2 Å². The summed E-state index contributed by atoms with van der Waals surface area (Å²) in [5.74, 6) is 2.93. The van der Waals surface area contributed by atoms with Gasteiger partial charge in [-0.1, -0.05) is 6.92 Å². The molecule has 1 heterocycles. The molecule has 0 bridgehead atoms. The molecule has 0 spiro atoms. The first kappa shape index (κ1) is 12.9. The summed E-state index contributed by atoms with van der Waals surface area (Å²) >= 11 is 0. The number of nitrogens with one attached hydrogen (secondary N) is 1. The van der Waals surface area contributed by atoms with E-state index in [1.54, 1.807) is 0 Å². The highest BCUT2D eigenvalue weighted by molar-refractivity contribution is 5.46. The van der Waals surface area contributed by atoms with Crippen molar-refractivity contribution >= 4 is 5.82 Å². The van der Waals surface area contributed by atoms with Crippen molar-refractivity contribution in [3.05, 3.63) is 23.4 Å². The Hall–Kier alpha value is -1.09. The Bertz CT molecular complexity index is 453. The van der Waals surface area contributed by atoms with E-state index in [2.05, 4.69) is 42.2 Å². The quantitative estimate of drug-likeness (QED) is 0.851. The molecule has 1 aromatic rings. The molecule has 1 aromatic heterocycles. The molecule has 2 fully saturated rings. The van der Waals surface area contributed by atoms with E-state index >= 15 is 0 Å². The number of nitrogens with zero attached hydrogens (tertiary/aromatic N) is 2. The number of aromatic nitrogens is 1. The Morgan fingerprint density at radius 1 is 1.42 bits per heavy atom. The summed E-state index contributed by atoms with van der Waals surface area (Å²) in [4.78, 5) is 6.99. The highest BCUT2D eigenvalue weighted by Gasteiger charge is 2.33. The van der Waals surface area contributed by atoms with E-state index in [-0.39, 0.29) is 0 Å². The van der Waals surface area contributed by atoms with E-state index in [4.69, 9.17) is 0 Å². The number of rotatable bonds is 6. The number of anilines is 1. The fourth-order valence-corrected chi connectivity index (χ4v) is 2.76.